The van der Waals surface area contributed by atoms with Gasteiger partial charge in [-0.1, -0.05) is 22.0 Å². The van der Waals surface area contributed by atoms with Crippen LogP contribution in [0.1, 0.15) is 15.9 Å². The van der Waals surface area contributed by atoms with Crippen molar-refractivity contribution in [2.24, 2.45) is 0 Å². The smallest absolute Gasteiger partial charge is 0.256 e. The number of halogens is 2. The fourth-order valence-corrected chi connectivity index (χ4v) is 2.51. The van der Waals surface area contributed by atoms with Gasteiger partial charge >= 0.3 is 0 Å². The predicted octanol–water partition coefficient (Wildman–Crippen LogP) is 4.78. The van der Waals surface area contributed by atoms with Gasteiger partial charge in [0.05, 0.1) is 12.7 Å². The number of benzene rings is 2. The highest BCUT2D eigenvalue weighted by Crippen LogP contribution is 2.25. The normalized spacial score (nSPS) is 10.2. The molecule has 5 heteroatoms. The third kappa shape index (κ3) is 3.41. The van der Waals surface area contributed by atoms with Crippen LogP contribution >= 0.6 is 31.9 Å². The Kier molecular flexibility index (Phi) is 4.83. The van der Waals surface area contributed by atoms with Crippen LogP contribution in [-0.4, -0.2) is 13.0 Å². The Morgan fingerprint density at radius 3 is 2.60 bits per heavy atom. The summed E-state index contributed by atoms with van der Waals surface area (Å²) in [5.41, 5.74) is 2.31. The lowest BCUT2D eigenvalue weighted by molar-refractivity contribution is 0.102. The quantitative estimate of drug-likeness (QED) is 0.807. The molecule has 0 saturated carbocycles. The maximum atomic E-state index is 12.4. The molecule has 0 radical (unpaired) electrons. The molecule has 0 bridgehead atoms. The van der Waals surface area contributed by atoms with Gasteiger partial charge < -0.3 is 10.1 Å². The fraction of sp³-hybridized carbons (Fsp3) is 0.133. The maximum absolute atomic E-state index is 12.4. The summed E-state index contributed by atoms with van der Waals surface area (Å²) in [6.07, 6.45) is 0. The lowest BCUT2D eigenvalue weighted by Gasteiger charge is -2.11. The van der Waals surface area contributed by atoms with Gasteiger partial charge in [0, 0.05) is 14.6 Å². The van der Waals surface area contributed by atoms with Crippen LogP contribution in [0.25, 0.3) is 0 Å². The van der Waals surface area contributed by atoms with Gasteiger partial charge in [-0.2, -0.15) is 0 Å². The first kappa shape index (κ1) is 15.1. The molecule has 0 unspecified atom stereocenters. The molecule has 2 aromatic rings. The van der Waals surface area contributed by atoms with Crippen molar-refractivity contribution < 1.29 is 9.53 Å². The van der Waals surface area contributed by atoms with E-state index in [-0.39, 0.29) is 5.91 Å². The zero-order valence-corrected chi connectivity index (χ0v) is 14.2. The number of anilines is 1. The van der Waals surface area contributed by atoms with Crippen LogP contribution in [0.3, 0.4) is 0 Å². The summed E-state index contributed by atoms with van der Waals surface area (Å²) in [7, 11) is 1.57. The number of hydrogen-bond donors (Lipinski definition) is 1. The van der Waals surface area contributed by atoms with Crippen molar-refractivity contribution >= 4 is 43.5 Å². The van der Waals surface area contributed by atoms with Gasteiger partial charge in [0.1, 0.15) is 5.75 Å². The Morgan fingerprint density at radius 1 is 1.15 bits per heavy atom. The van der Waals surface area contributed by atoms with Gasteiger partial charge in [0.25, 0.3) is 5.91 Å². The number of hydrogen-bond acceptors (Lipinski definition) is 2. The predicted molar refractivity (Wildman–Crippen MR) is 87.5 cm³/mol. The van der Waals surface area contributed by atoms with Gasteiger partial charge in [0.2, 0.25) is 0 Å². The van der Waals surface area contributed by atoms with Crippen molar-refractivity contribution in [3.8, 4) is 5.75 Å². The van der Waals surface area contributed by atoms with E-state index in [0.717, 1.165) is 20.2 Å². The molecule has 0 aromatic heterocycles. The van der Waals surface area contributed by atoms with Crippen molar-refractivity contribution in [3.63, 3.8) is 0 Å². The Morgan fingerprint density at radius 2 is 1.90 bits per heavy atom. The lowest BCUT2D eigenvalue weighted by atomic mass is 10.1. The number of nitrogens with one attached hydrogen (secondary N) is 1. The zero-order chi connectivity index (χ0) is 14.7. The van der Waals surface area contributed by atoms with E-state index < -0.39 is 0 Å². The van der Waals surface area contributed by atoms with Crippen LogP contribution in [0.5, 0.6) is 5.75 Å². The number of ether oxygens (including phenoxy) is 1. The van der Waals surface area contributed by atoms with E-state index in [0.29, 0.717) is 11.3 Å². The van der Waals surface area contributed by atoms with Crippen LogP contribution in [0, 0.1) is 6.92 Å². The second kappa shape index (κ2) is 6.41. The standard InChI is InChI=1S/C15H13Br2NO2/c1-9-3-4-10(16)7-14(9)18-15(19)12-8-11(20-2)5-6-13(12)17/h3-8H,1-2H3,(H,18,19). The maximum Gasteiger partial charge on any atom is 0.256 e. The average Bonchev–Trinajstić information content (AvgIpc) is 2.43. The molecule has 0 aliphatic heterocycles. The molecular weight excluding hydrogens is 386 g/mol. The van der Waals surface area contributed by atoms with Crippen LogP contribution in [0.15, 0.2) is 45.3 Å². The summed E-state index contributed by atoms with van der Waals surface area (Å²) in [5.74, 6) is 0.460. The van der Waals surface area contributed by atoms with Crippen LogP contribution < -0.4 is 10.1 Å². The van der Waals surface area contributed by atoms with Gasteiger partial charge in [-0.3, -0.25) is 4.79 Å². The van der Waals surface area contributed by atoms with Crippen molar-refractivity contribution in [1.29, 1.82) is 0 Å². The molecule has 104 valence electrons. The first-order chi connectivity index (χ1) is 9.51. The molecule has 3 nitrogen and oxygen atoms in total. The molecule has 1 amide bonds. The highest BCUT2D eigenvalue weighted by Gasteiger charge is 2.12. The first-order valence-corrected chi connectivity index (χ1v) is 7.51. The van der Waals surface area contributed by atoms with Gasteiger partial charge in [0.15, 0.2) is 0 Å². The molecule has 20 heavy (non-hydrogen) atoms. The van der Waals surface area contributed by atoms with E-state index in [9.17, 15) is 4.79 Å². The number of amides is 1. The average molecular weight is 399 g/mol. The summed E-state index contributed by atoms with van der Waals surface area (Å²) in [5, 5.41) is 2.90. The van der Waals surface area contributed by atoms with Gasteiger partial charge in [-0.25, -0.2) is 0 Å². The minimum atomic E-state index is -0.183. The highest BCUT2D eigenvalue weighted by molar-refractivity contribution is 9.10. The summed E-state index contributed by atoms with van der Waals surface area (Å²) >= 11 is 6.78. The van der Waals surface area contributed by atoms with Crippen LogP contribution in [0.2, 0.25) is 0 Å². The Labute approximate surface area is 134 Å². The van der Waals surface area contributed by atoms with Crippen molar-refractivity contribution in [1.82, 2.24) is 0 Å². The summed E-state index contributed by atoms with van der Waals surface area (Å²) < 4.78 is 6.79. The monoisotopic (exact) mass is 397 g/mol. The number of carbonyl (C=O) groups excluding carboxylic acids is 1. The van der Waals surface area contributed by atoms with E-state index in [1.54, 1.807) is 25.3 Å². The van der Waals surface area contributed by atoms with E-state index >= 15 is 0 Å². The van der Waals surface area contributed by atoms with Crippen LogP contribution in [0.4, 0.5) is 5.69 Å². The molecule has 2 aromatic carbocycles. The number of carbonyl (C=O) groups is 1. The van der Waals surface area contributed by atoms with Crippen molar-refractivity contribution in [2.45, 2.75) is 6.92 Å². The van der Waals surface area contributed by atoms with Crippen LogP contribution in [-0.2, 0) is 0 Å². The fourth-order valence-electron chi connectivity index (χ4n) is 1.72. The second-order valence-electron chi connectivity index (χ2n) is 4.26. The van der Waals surface area contributed by atoms with E-state index in [4.69, 9.17) is 4.74 Å². The Hall–Kier alpha value is -1.33. The molecule has 0 atom stereocenters. The third-order valence-corrected chi connectivity index (χ3v) is 4.05. The first-order valence-electron chi connectivity index (χ1n) is 5.92. The highest BCUT2D eigenvalue weighted by atomic mass is 79.9. The molecule has 0 spiro atoms. The summed E-state index contributed by atoms with van der Waals surface area (Å²) in [6, 6.07) is 11.0. The van der Waals surface area contributed by atoms with Gasteiger partial charge in [-0.05, 0) is 58.7 Å². The number of rotatable bonds is 3. The molecule has 0 aliphatic rings. The van der Waals surface area contributed by atoms with Gasteiger partial charge in [-0.15, -0.1) is 0 Å². The molecule has 0 aliphatic carbocycles. The molecule has 0 saturated heterocycles. The Bertz CT molecular complexity index is 656. The summed E-state index contributed by atoms with van der Waals surface area (Å²) in [6.45, 7) is 1.95. The molecular formula is C15H13Br2NO2. The largest absolute Gasteiger partial charge is 0.497 e. The SMILES string of the molecule is COc1ccc(Br)c(C(=O)Nc2cc(Br)ccc2C)c1. The van der Waals surface area contributed by atoms with E-state index in [1.165, 1.54) is 0 Å². The third-order valence-electron chi connectivity index (χ3n) is 2.87. The van der Waals surface area contributed by atoms with E-state index in [1.807, 2.05) is 25.1 Å². The molecule has 0 fully saturated rings. The Balaban J connectivity index is 2.30. The topological polar surface area (TPSA) is 38.3 Å². The lowest BCUT2D eigenvalue weighted by Crippen LogP contribution is -2.13. The summed E-state index contributed by atoms with van der Waals surface area (Å²) in [4.78, 5) is 12.4. The number of aryl methyl sites for hydroxylation is 1. The zero-order valence-electron chi connectivity index (χ0n) is 11.0. The second-order valence-corrected chi connectivity index (χ2v) is 6.03. The minimum Gasteiger partial charge on any atom is -0.497 e. The molecule has 2 rings (SSSR count). The van der Waals surface area contributed by atoms with Crippen molar-refractivity contribution in [2.75, 3.05) is 12.4 Å². The van der Waals surface area contributed by atoms with E-state index in [2.05, 4.69) is 37.2 Å². The molecule has 0 heterocycles. The minimum absolute atomic E-state index is 0.183. The van der Waals surface area contributed by atoms with Crippen molar-refractivity contribution in [3.05, 3.63) is 56.5 Å². The number of methoxy groups -OCH3 is 1. The molecule has 1 N–H and O–H groups in total.